The van der Waals surface area contributed by atoms with Crippen molar-refractivity contribution < 1.29 is 0 Å². The van der Waals surface area contributed by atoms with E-state index in [0.29, 0.717) is 10.7 Å². The number of fused-ring (bicyclic) bond motifs is 3. The maximum atomic E-state index is 3.69. The predicted octanol–water partition coefficient (Wildman–Crippen LogP) is 5.14. The lowest BCUT2D eigenvalue weighted by atomic mass is 9.94. The van der Waals surface area contributed by atoms with Gasteiger partial charge in [-0.15, -0.1) is 0 Å². The fourth-order valence-electron chi connectivity index (χ4n) is 2.71. The van der Waals surface area contributed by atoms with Gasteiger partial charge in [-0.2, -0.15) is 0 Å². The van der Waals surface area contributed by atoms with Gasteiger partial charge in [-0.1, -0.05) is 72.2 Å². The number of alkyl halides is 1. The summed E-state index contributed by atoms with van der Waals surface area (Å²) >= 11 is 3.69. The maximum absolute atomic E-state index is 3.69. The van der Waals surface area contributed by atoms with E-state index in [2.05, 4.69) is 72.2 Å². The molecule has 18 heavy (non-hydrogen) atoms. The molecule has 1 aliphatic rings. The monoisotopic (exact) mass is 300 g/mol. The third kappa shape index (κ3) is 1.91. The van der Waals surface area contributed by atoms with Gasteiger partial charge in [-0.05, 0) is 40.2 Å². The van der Waals surface area contributed by atoms with E-state index in [-0.39, 0.29) is 0 Å². The molecule has 0 aliphatic heterocycles. The molecule has 2 aromatic rings. The second kappa shape index (κ2) is 4.55. The Labute approximate surface area is 117 Å². The van der Waals surface area contributed by atoms with Crippen molar-refractivity contribution in [3.8, 4) is 11.1 Å². The Bertz CT molecular complexity index is 584. The Morgan fingerprint density at radius 3 is 2.44 bits per heavy atom. The van der Waals surface area contributed by atoms with Crippen molar-refractivity contribution in [3.63, 3.8) is 0 Å². The van der Waals surface area contributed by atoms with Crippen molar-refractivity contribution in [1.29, 1.82) is 0 Å². The number of halogens is 1. The summed E-state index contributed by atoms with van der Waals surface area (Å²) in [6, 6.07) is 15.7. The Morgan fingerprint density at radius 1 is 0.944 bits per heavy atom. The molecule has 0 N–H and O–H groups in total. The summed E-state index contributed by atoms with van der Waals surface area (Å²) in [5.74, 6) is 0.555. The number of hydrogen-bond donors (Lipinski definition) is 0. The standard InChI is InChI=1S/C17H17Br/c1-11(12(2)18)13-7-8-17-15(9-13)10-14-5-3-4-6-16(14)17/h3-9,11-12H,10H2,1-2H3. The van der Waals surface area contributed by atoms with Gasteiger partial charge in [0.1, 0.15) is 0 Å². The van der Waals surface area contributed by atoms with Crippen LogP contribution in [0.15, 0.2) is 42.5 Å². The van der Waals surface area contributed by atoms with Crippen LogP contribution in [0.4, 0.5) is 0 Å². The van der Waals surface area contributed by atoms with E-state index in [1.807, 2.05) is 0 Å². The first-order valence-electron chi connectivity index (χ1n) is 6.52. The second-order valence-corrected chi connectivity index (χ2v) is 6.66. The highest BCUT2D eigenvalue weighted by molar-refractivity contribution is 9.09. The number of benzene rings is 2. The number of rotatable bonds is 2. The minimum absolute atomic E-state index is 0.513. The first kappa shape index (κ1) is 12.0. The molecule has 3 rings (SSSR count). The molecule has 0 amide bonds. The maximum Gasteiger partial charge on any atom is 0.0183 e. The molecular weight excluding hydrogens is 284 g/mol. The van der Waals surface area contributed by atoms with E-state index in [0.717, 1.165) is 6.42 Å². The number of hydrogen-bond acceptors (Lipinski definition) is 0. The minimum atomic E-state index is 0.513. The Hall–Kier alpha value is -1.08. The Morgan fingerprint density at radius 2 is 1.67 bits per heavy atom. The van der Waals surface area contributed by atoms with Crippen molar-refractivity contribution in [3.05, 3.63) is 59.2 Å². The van der Waals surface area contributed by atoms with Crippen molar-refractivity contribution in [2.75, 3.05) is 0 Å². The summed E-state index contributed by atoms with van der Waals surface area (Å²) in [5.41, 5.74) is 7.21. The first-order chi connectivity index (χ1) is 8.66. The highest BCUT2D eigenvalue weighted by Crippen LogP contribution is 2.38. The predicted molar refractivity (Wildman–Crippen MR) is 81.5 cm³/mol. The van der Waals surface area contributed by atoms with Crippen LogP contribution in [0.3, 0.4) is 0 Å². The van der Waals surface area contributed by atoms with Gasteiger partial charge in [0.15, 0.2) is 0 Å². The van der Waals surface area contributed by atoms with Crippen molar-refractivity contribution in [2.24, 2.45) is 0 Å². The zero-order valence-electron chi connectivity index (χ0n) is 10.8. The van der Waals surface area contributed by atoms with Crippen LogP contribution in [0.25, 0.3) is 11.1 Å². The zero-order chi connectivity index (χ0) is 12.7. The fraction of sp³-hybridized carbons (Fsp3) is 0.294. The van der Waals surface area contributed by atoms with E-state index < -0.39 is 0 Å². The lowest BCUT2D eigenvalue weighted by Crippen LogP contribution is -2.04. The molecule has 0 saturated carbocycles. The Kier molecular flexibility index (Phi) is 3.03. The summed E-state index contributed by atoms with van der Waals surface area (Å²) in [5, 5.41) is 0. The van der Waals surface area contributed by atoms with Gasteiger partial charge in [0.25, 0.3) is 0 Å². The van der Waals surface area contributed by atoms with Crippen molar-refractivity contribution in [1.82, 2.24) is 0 Å². The Balaban J connectivity index is 2.03. The van der Waals surface area contributed by atoms with Crippen LogP contribution in [-0.2, 0) is 6.42 Å². The van der Waals surface area contributed by atoms with Crippen molar-refractivity contribution >= 4 is 15.9 Å². The van der Waals surface area contributed by atoms with Crippen LogP contribution < -0.4 is 0 Å². The molecule has 1 heteroatoms. The molecule has 0 nitrogen and oxygen atoms in total. The summed E-state index contributed by atoms with van der Waals surface area (Å²) in [4.78, 5) is 0.513. The minimum Gasteiger partial charge on any atom is -0.0887 e. The van der Waals surface area contributed by atoms with Crippen LogP contribution in [0.5, 0.6) is 0 Å². The largest absolute Gasteiger partial charge is 0.0887 e. The summed E-state index contributed by atoms with van der Waals surface area (Å²) in [6.07, 6.45) is 1.09. The van der Waals surface area contributed by atoms with Gasteiger partial charge in [0.05, 0.1) is 0 Å². The third-order valence-corrected chi connectivity index (χ3v) is 4.83. The smallest absolute Gasteiger partial charge is 0.0183 e. The topological polar surface area (TPSA) is 0 Å². The molecule has 2 aromatic carbocycles. The van der Waals surface area contributed by atoms with E-state index in [1.54, 1.807) is 0 Å². The lowest BCUT2D eigenvalue weighted by molar-refractivity contribution is 0.760. The molecule has 1 aliphatic carbocycles. The highest BCUT2D eigenvalue weighted by atomic mass is 79.9. The SMILES string of the molecule is CC(Br)C(C)c1ccc2c(c1)Cc1ccccc1-2. The van der Waals surface area contributed by atoms with Crippen LogP contribution in [0.2, 0.25) is 0 Å². The van der Waals surface area contributed by atoms with Gasteiger partial charge >= 0.3 is 0 Å². The normalized spacial score (nSPS) is 15.9. The molecule has 0 radical (unpaired) electrons. The highest BCUT2D eigenvalue weighted by Gasteiger charge is 2.19. The van der Waals surface area contributed by atoms with Crippen LogP contribution in [0, 0.1) is 0 Å². The van der Waals surface area contributed by atoms with Crippen LogP contribution >= 0.6 is 15.9 Å². The zero-order valence-corrected chi connectivity index (χ0v) is 12.4. The molecule has 0 heterocycles. The van der Waals surface area contributed by atoms with Crippen LogP contribution in [0.1, 0.15) is 36.5 Å². The summed E-state index contributed by atoms with van der Waals surface area (Å²) < 4.78 is 0. The molecule has 0 spiro atoms. The van der Waals surface area contributed by atoms with E-state index in [1.165, 1.54) is 27.8 Å². The molecule has 0 aromatic heterocycles. The molecule has 92 valence electrons. The van der Waals surface area contributed by atoms with Gasteiger partial charge in [-0.3, -0.25) is 0 Å². The van der Waals surface area contributed by atoms with Gasteiger partial charge in [0.2, 0.25) is 0 Å². The molecular formula is C17H17Br. The van der Waals surface area contributed by atoms with E-state index in [9.17, 15) is 0 Å². The van der Waals surface area contributed by atoms with Crippen LogP contribution in [-0.4, -0.2) is 4.83 Å². The molecule has 0 fully saturated rings. The molecule has 0 bridgehead atoms. The average molecular weight is 301 g/mol. The van der Waals surface area contributed by atoms with E-state index >= 15 is 0 Å². The summed E-state index contributed by atoms with van der Waals surface area (Å²) in [7, 11) is 0. The summed E-state index contributed by atoms with van der Waals surface area (Å²) in [6.45, 7) is 4.50. The first-order valence-corrected chi connectivity index (χ1v) is 7.43. The molecule has 2 unspecified atom stereocenters. The quantitative estimate of drug-likeness (QED) is 0.575. The molecule has 0 saturated heterocycles. The third-order valence-electron chi connectivity index (χ3n) is 4.03. The second-order valence-electron chi connectivity index (χ2n) is 5.22. The fourth-order valence-corrected chi connectivity index (χ4v) is 3.02. The van der Waals surface area contributed by atoms with Crippen molar-refractivity contribution in [2.45, 2.75) is 31.0 Å². The molecule has 2 atom stereocenters. The lowest BCUT2D eigenvalue weighted by Gasteiger charge is -2.15. The van der Waals surface area contributed by atoms with Gasteiger partial charge < -0.3 is 0 Å². The van der Waals surface area contributed by atoms with E-state index in [4.69, 9.17) is 0 Å². The van der Waals surface area contributed by atoms with Gasteiger partial charge in [0, 0.05) is 4.83 Å². The van der Waals surface area contributed by atoms with Gasteiger partial charge in [-0.25, -0.2) is 0 Å². The average Bonchev–Trinajstić information content (AvgIpc) is 2.75.